The summed E-state index contributed by atoms with van der Waals surface area (Å²) < 4.78 is 5.73. The molecule has 2 nitrogen and oxygen atoms in total. The van der Waals surface area contributed by atoms with Crippen LogP contribution in [0.1, 0.15) is 23.6 Å². The maximum atomic E-state index is 5.73. The van der Waals surface area contributed by atoms with E-state index in [0.29, 0.717) is 6.04 Å². The first-order valence-corrected chi connectivity index (χ1v) is 8.49. The first-order valence-electron chi connectivity index (χ1n) is 8.49. The van der Waals surface area contributed by atoms with E-state index in [4.69, 9.17) is 4.74 Å². The van der Waals surface area contributed by atoms with Crippen molar-refractivity contribution in [2.24, 2.45) is 0 Å². The Morgan fingerprint density at radius 3 is 2.33 bits per heavy atom. The Labute approximate surface area is 143 Å². The zero-order valence-corrected chi connectivity index (χ0v) is 13.6. The largest absolute Gasteiger partial charge is 0.493 e. The van der Waals surface area contributed by atoms with E-state index in [2.05, 4.69) is 72.0 Å². The summed E-state index contributed by atoms with van der Waals surface area (Å²) in [7, 11) is 0. The van der Waals surface area contributed by atoms with Crippen LogP contribution in [0.2, 0.25) is 0 Å². The molecule has 0 saturated carbocycles. The summed E-state index contributed by atoms with van der Waals surface area (Å²) in [5.74, 6) is 1.01. The van der Waals surface area contributed by atoms with Crippen molar-refractivity contribution in [2.45, 2.75) is 19.0 Å². The Kier molecular flexibility index (Phi) is 4.30. The van der Waals surface area contributed by atoms with Gasteiger partial charge in [0.2, 0.25) is 0 Å². The van der Waals surface area contributed by atoms with Gasteiger partial charge in [-0.3, -0.25) is 0 Å². The van der Waals surface area contributed by atoms with Crippen molar-refractivity contribution in [1.82, 2.24) is 5.32 Å². The number of hydrogen-bond donors (Lipinski definition) is 1. The summed E-state index contributed by atoms with van der Waals surface area (Å²) >= 11 is 0. The van der Waals surface area contributed by atoms with Gasteiger partial charge in [-0.1, -0.05) is 72.8 Å². The highest BCUT2D eigenvalue weighted by molar-refractivity contribution is 5.63. The predicted octanol–water partition coefficient (Wildman–Crippen LogP) is 4.97. The van der Waals surface area contributed by atoms with E-state index >= 15 is 0 Å². The molecule has 4 rings (SSSR count). The monoisotopic (exact) mass is 315 g/mol. The molecule has 0 spiro atoms. The molecule has 0 aliphatic carbocycles. The van der Waals surface area contributed by atoms with E-state index in [0.717, 1.165) is 25.3 Å². The predicted molar refractivity (Wildman–Crippen MR) is 98.0 cm³/mol. The van der Waals surface area contributed by atoms with Crippen molar-refractivity contribution >= 4 is 0 Å². The van der Waals surface area contributed by atoms with Crippen molar-refractivity contribution in [2.75, 3.05) is 6.61 Å². The van der Waals surface area contributed by atoms with Gasteiger partial charge < -0.3 is 10.1 Å². The van der Waals surface area contributed by atoms with Gasteiger partial charge in [-0.2, -0.15) is 0 Å². The molecule has 120 valence electrons. The van der Waals surface area contributed by atoms with Crippen LogP contribution in [0, 0.1) is 0 Å². The number of benzene rings is 3. The maximum Gasteiger partial charge on any atom is 0.124 e. The number of ether oxygens (including phenoxy) is 1. The quantitative estimate of drug-likeness (QED) is 0.734. The second-order valence-electron chi connectivity index (χ2n) is 6.17. The van der Waals surface area contributed by atoms with Crippen molar-refractivity contribution in [3.8, 4) is 16.9 Å². The smallest absolute Gasteiger partial charge is 0.124 e. The van der Waals surface area contributed by atoms with E-state index in [1.54, 1.807) is 0 Å². The number of hydrogen-bond acceptors (Lipinski definition) is 2. The van der Waals surface area contributed by atoms with Gasteiger partial charge in [0, 0.05) is 24.6 Å². The standard InChI is InChI=1S/C22H21NO/c1-2-6-18(7-3-1)19-12-10-17(11-13-19)16-23-21-14-15-24-22-9-5-4-8-20(21)22/h1-13,21,23H,14-16H2/t21-/m0/s1. The molecule has 2 heteroatoms. The van der Waals surface area contributed by atoms with E-state index < -0.39 is 0 Å². The molecule has 24 heavy (non-hydrogen) atoms. The molecule has 1 N–H and O–H groups in total. The van der Waals surface area contributed by atoms with E-state index in [9.17, 15) is 0 Å². The molecule has 0 radical (unpaired) electrons. The van der Waals surface area contributed by atoms with Crippen LogP contribution in [-0.4, -0.2) is 6.61 Å². The third kappa shape index (κ3) is 3.19. The topological polar surface area (TPSA) is 21.3 Å². The zero-order chi connectivity index (χ0) is 16.2. The van der Waals surface area contributed by atoms with Crippen LogP contribution in [0.3, 0.4) is 0 Å². The van der Waals surface area contributed by atoms with Gasteiger partial charge in [-0.15, -0.1) is 0 Å². The van der Waals surface area contributed by atoms with Crippen molar-refractivity contribution in [1.29, 1.82) is 0 Å². The van der Waals surface area contributed by atoms with Gasteiger partial charge in [-0.05, 0) is 22.8 Å². The minimum Gasteiger partial charge on any atom is -0.493 e. The Bertz CT molecular complexity index is 796. The van der Waals surface area contributed by atoms with Gasteiger partial charge in [-0.25, -0.2) is 0 Å². The molecule has 0 saturated heterocycles. The summed E-state index contributed by atoms with van der Waals surface area (Å²) in [6, 6.07) is 28.0. The lowest BCUT2D eigenvalue weighted by atomic mass is 10.00. The van der Waals surface area contributed by atoms with Gasteiger partial charge in [0.05, 0.1) is 6.61 Å². The number of rotatable bonds is 4. The lowest BCUT2D eigenvalue weighted by molar-refractivity contribution is 0.252. The van der Waals surface area contributed by atoms with Crippen LogP contribution in [-0.2, 0) is 6.54 Å². The molecule has 3 aromatic carbocycles. The summed E-state index contributed by atoms with van der Waals surface area (Å²) in [6.45, 7) is 1.65. The van der Waals surface area contributed by atoms with Gasteiger partial charge in [0.25, 0.3) is 0 Å². The highest BCUT2D eigenvalue weighted by atomic mass is 16.5. The highest BCUT2D eigenvalue weighted by Gasteiger charge is 2.20. The fourth-order valence-corrected chi connectivity index (χ4v) is 3.24. The third-order valence-corrected chi connectivity index (χ3v) is 4.57. The highest BCUT2D eigenvalue weighted by Crippen LogP contribution is 2.31. The molecule has 0 bridgehead atoms. The Morgan fingerprint density at radius 2 is 1.50 bits per heavy atom. The second-order valence-corrected chi connectivity index (χ2v) is 6.17. The Hall–Kier alpha value is -2.58. The Morgan fingerprint density at radius 1 is 0.792 bits per heavy atom. The van der Waals surface area contributed by atoms with E-state index in [1.807, 2.05) is 12.1 Å². The second kappa shape index (κ2) is 6.90. The minimum atomic E-state index is 0.365. The van der Waals surface area contributed by atoms with Crippen LogP contribution >= 0.6 is 0 Å². The maximum absolute atomic E-state index is 5.73. The summed E-state index contributed by atoms with van der Waals surface area (Å²) in [6.07, 6.45) is 1.01. The molecule has 0 unspecified atom stereocenters. The molecule has 0 aromatic heterocycles. The third-order valence-electron chi connectivity index (χ3n) is 4.57. The molecule has 1 aliphatic heterocycles. The van der Waals surface area contributed by atoms with E-state index in [1.165, 1.54) is 22.3 Å². The first kappa shape index (κ1) is 15.0. The molecule has 1 heterocycles. The van der Waals surface area contributed by atoms with Crippen molar-refractivity contribution in [3.05, 3.63) is 90.0 Å². The molecule has 1 atom stereocenters. The lowest BCUT2D eigenvalue weighted by Gasteiger charge is -2.26. The fraction of sp³-hybridized carbons (Fsp3) is 0.182. The lowest BCUT2D eigenvalue weighted by Crippen LogP contribution is -2.26. The van der Waals surface area contributed by atoms with Crippen LogP contribution in [0.4, 0.5) is 0 Å². The average molecular weight is 315 g/mol. The molecule has 0 amide bonds. The molecular weight excluding hydrogens is 294 g/mol. The van der Waals surface area contributed by atoms with Crippen LogP contribution in [0.5, 0.6) is 5.75 Å². The van der Waals surface area contributed by atoms with Gasteiger partial charge in [0.1, 0.15) is 5.75 Å². The number of fused-ring (bicyclic) bond motifs is 1. The summed E-state index contributed by atoms with van der Waals surface area (Å²) in [4.78, 5) is 0. The minimum absolute atomic E-state index is 0.365. The van der Waals surface area contributed by atoms with Crippen molar-refractivity contribution < 1.29 is 4.74 Å². The fourth-order valence-electron chi connectivity index (χ4n) is 3.24. The molecule has 3 aromatic rings. The Balaban J connectivity index is 1.44. The van der Waals surface area contributed by atoms with Gasteiger partial charge >= 0.3 is 0 Å². The van der Waals surface area contributed by atoms with Crippen LogP contribution < -0.4 is 10.1 Å². The normalized spacial score (nSPS) is 16.2. The van der Waals surface area contributed by atoms with Crippen LogP contribution in [0.15, 0.2) is 78.9 Å². The van der Waals surface area contributed by atoms with Crippen molar-refractivity contribution in [3.63, 3.8) is 0 Å². The number of para-hydroxylation sites is 1. The SMILES string of the molecule is c1ccc(-c2ccc(CN[C@H]3CCOc4ccccc43)cc2)cc1. The first-order chi connectivity index (χ1) is 11.9. The summed E-state index contributed by atoms with van der Waals surface area (Å²) in [5.41, 5.74) is 5.09. The zero-order valence-electron chi connectivity index (χ0n) is 13.6. The van der Waals surface area contributed by atoms with Crippen LogP contribution in [0.25, 0.3) is 11.1 Å². The number of nitrogens with one attached hydrogen (secondary N) is 1. The van der Waals surface area contributed by atoms with Gasteiger partial charge in [0.15, 0.2) is 0 Å². The molecular formula is C22H21NO. The average Bonchev–Trinajstić information content (AvgIpc) is 2.67. The molecule has 1 aliphatic rings. The van der Waals surface area contributed by atoms with E-state index in [-0.39, 0.29) is 0 Å². The summed E-state index contributed by atoms with van der Waals surface area (Å²) in [5, 5.41) is 3.67. The molecule has 0 fully saturated rings.